The van der Waals surface area contributed by atoms with Gasteiger partial charge >= 0.3 is 5.69 Å². The summed E-state index contributed by atoms with van der Waals surface area (Å²) in [5, 5.41) is 0.767. The van der Waals surface area contributed by atoms with Gasteiger partial charge in [-0.3, -0.25) is 19.2 Å². The summed E-state index contributed by atoms with van der Waals surface area (Å²) < 4.78 is 8.76. The third-order valence-corrected chi connectivity index (χ3v) is 6.09. The van der Waals surface area contributed by atoms with Gasteiger partial charge in [0.15, 0.2) is 11.2 Å². The lowest BCUT2D eigenvalue weighted by Crippen LogP contribution is -2.38. The quantitative estimate of drug-likeness (QED) is 0.622. The lowest BCUT2D eigenvalue weighted by atomic mass is 10.2. The van der Waals surface area contributed by atoms with Crippen LogP contribution in [0.2, 0.25) is 10.0 Å². The molecule has 1 aliphatic rings. The molecule has 8 nitrogen and oxygen atoms in total. The third kappa shape index (κ3) is 3.92. The standard InChI is InChI=1S/C20H23Cl2N5O3/c1-2-6-27-18-16(19(28)24-20(27)29)26(8-7-25-9-11-30-12-10-25)17(23-18)13-4-3-5-14(21)15(13)22/h3-5H,2,6-12H2,1H3,(H,24,28,29). The molecule has 1 aromatic carbocycles. The van der Waals surface area contributed by atoms with E-state index in [0.29, 0.717) is 65.4 Å². The third-order valence-electron chi connectivity index (χ3n) is 5.27. The van der Waals surface area contributed by atoms with Gasteiger partial charge in [0.05, 0.1) is 23.3 Å². The number of rotatable bonds is 6. The normalized spacial score (nSPS) is 15.2. The first kappa shape index (κ1) is 21.1. The Kier molecular flexibility index (Phi) is 6.29. The van der Waals surface area contributed by atoms with Crippen molar-refractivity contribution in [3.63, 3.8) is 0 Å². The van der Waals surface area contributed by atoms with Gasteiger partial charge in [-0.25, -0.2) is 9.78 Å². The van der Waals surface area contributed by atoms with Crippen molar-refractivity contribution in [3.8, 4) is 11.4 Å². The zero-order valence-corrected chi connectivity index (χ0v) is 18.2. The minimum absolute atomic E-state index is 0.360. The number of hydrogen-bond donors (Lipinski definition) is 1. The molecule has 0 saturated carbocycles. The molecule has 10 heteroatoms. The summed E-state index contributed by atoms with van der Waals surface area (Å²) in [7, 11) is 0. The zero-order valence-electron chi connectivity index (χ0n) is 16.7. The van der Waals surface area contributed by atoms with Crippen LogP contribution in [0.15, 0.2) is 27.8 Å². The number of fused-ring (bicyclic) bond motifs is 1. The number of aryl methyl sites for hydroxylation is 1. The molecule has 3 aromatic rings. The Balaban J connectivity index is 1.90. The van der Waals surface area contributed by atoms with Crippen molar-refractivity contribution in [3.05, 3.63) is 49.1 Å². The molecule has 0 radical (unpaired) electrons. The number of nitrogens with zero attached hydrogens (tertiary/aromatic N) is 4. The van der Waals surface area contributed by atoms with Crippen LogP contribution in [0.25, 0.3) is 22.6 Å². The Labute approximate surface area is 183 Å². The lowest BCUT2D eigenvalue weighted by molar-refractivity contribution is 0.0365. The topological polar surface area (TPSA) is 85.2 Å². The van der Waals surface area contributed by atoms with E-state index >= 15 is 0 Å². The highest BCUT2D eigenvalue weighted by Crippen LogP contribution is 2.34. The lowest BCUT2D eigenvalue weighted by Gasteiger charge is -2.27. The summed E-state index contributed by atoms with van der Waals surface area (Å²) in [5.41, 5.74) is 0.426. The van der Waals surface area contributed by atoms with Crippen molar-refractivity contribution < 1.29 is 4.74 Å². The molecule has 1 fully saturated rings. The number of aromatic amines is 1. The fourth-order valence-corrected chi connectivity index (χ4v) is 4.15. The van der Waals surface area contributed by atoms with E-state index in [1.807, 2.05) is 17.6 Å². The Morgan fingerprint density at radius 2 is 1.87 bits per heavy atom. The van der Waals surface area contributed by atoms with Crippen LogP contribution in [-0.4, -0.2) is 56.9 Å². The number of imidazole rings is 1. The first-order chi connectivity index (χ1) is 14.5. The van der Waals surface area contributed by atoms with Crippen molar-refractivity contribution in [1.82, 2.24) is 24.0 Å². The summed E-state index contributed by atoms with van der Waals surface area (Å²) in [6, 6.07) is 5.31. The number of benzene rings is 1. The van der Waals surface area contributed by atoms with E-state index in [1.165, 1.54) is 4.57 Å². The maximum absolute atomic E-state index is 12.8. The molecule has 4 rings (SSSR count). The molecule has 1 N–H and O–H groups in total. The molecule has 3 heterocycles. The average molecular weight is 452 g/mol. The summed E-state index contributed by atoms with van der Waals surface area (Å²) >= 11 is 12.7. The van der Waals surface area contributed by atoms with Crippen molar-refractivity contribution in [2.75, 3.05) is 32.8 Å². The van der Waals surface area contributed by atoms with Crippen molar-refractivity contribution in [2.45, 2.75) is 26.4 Å². The molecule has 0 aliphatic carbocycles. The van der Waals surface area contributed by atoms with Crippen molar-refractivity contribution >= 4 is 34.4 Å². The van der Waals surface area contributed by atoms with Gasteiger partial charge in [0.2, 0.25) is 0 Å². The van der Waals surface area contributed by atoms with Crippen molar-refractivity contribution in [1.29, 1.82) is 0 Å². The number of morpholine rings is 1. The molecular weight excluding hydrogens is 429 g/mol. The average Bonchev–Trinajstić information content (AvgIpc) is 3.12. The number of aromatic nitrogens is 4. The highest BCUT2D eigenvalue weighted by Gasteiger charge is 2.22. The summed E-state index contributed by atoms with van der Waals surface area (Å²) in [6.45, 7) is 6.69. The number of halogens is 2. The maximum Gasteiger partial charge on any atom is 0.330 e. The molecule has 1 aliphatic heterocycles. The van der Waals surface area contributed by atoms with Gasteiger partial charge in [0.25, 0.3) is 5.56 Å². The minimum atomic E-state index is -0.462. The molecule has 0 amide bonds. The first-order valence-electron chi connectivity index (χ1n) is 9.99. The van der Waals surface area contributed by atoms with Crippen molar-refractivity contribution in [2.24, 2.45) is 0 Å². The van der Waals surface area contributed by atoms with E-state index in [9.17, 15) is 9.59 Å². The number of nitrogens with one attached hydrogen (secondary N) is 1. The molecule has 30 heavy (non-hydrogen) atoms. The molecule has 0 spiro atoms. The molecule has 2 aromatic heterocycles. The Morgan fingerprint density at radius 1 is 1.10 bits per heavy atom. The molecule has 0 bridgehead atoms. The van der Waals surface area contributed by atoms with Gasteiger partial charge in [0.1, 0.15) is 5.82 Å². The van der Waals surface area contributed by atoms with Crippen LogP contribution in [0, 0.1) is 0 Å². The largest absolute Gasteiger partial charge is 0.379 e. The van der Waals surface area contributed by atoms with E-state index < -0.39 is 11.2 Å². The summed E-state index contributed by atoms with van der Waals surface area (Å²) in [4.78, 5) is 34.6. The monoisotopic (exact) mass is 451 g/mol. The van der Waals surface area contributed by atoms with Gasteiger partial charge in [-0.15, -0.1) is 0 Å². The minimum Gasteiger partial charge on any atom is -0.379 e. The van der Waals surface area contributed by atoms with Crippen LogP contribution < -0.4 is 11.2 Å². The van der Waals surface area contributed by atoms with Crippen LogP contribution in [0.3, 0.4) is 0 Å². The second-order valence-electron chi connectivity index (χ2n) is 7.23. The number of ether oxygens (including phenoxy) is 1. The van der Waals surface area contributed by atoms with Crippen LogP contribution >= 0.6 is 23.2 Å². The molecule has 160 valence electrons. The fraction of sp³-hybridized carbons (Fsp3) is 0.450. The smallest absolute Gasteiger partial charge is 0.330 e. The van der Waals surface area contributed by atoms with E-state index in [2.05, 4.69) is 9.88 Å². The molecule has 0 atom stereocenters. The Bertz CT molecular complexity index is 1180. The van der Waals surface area contributed by atoms with Gasteiger partial charge in [-0.2, -0.15) is 0 Å². The van der Waals surface area contributed by atoms with Crippen LogP contribution in [0.5, 0.6) is 0 Å². The molecular formula is C20H23Cl2N5O3. The first-order valence-corrected chi connectivity index (χ1v) is 10.7. The Morgan fingerprint density at radius 3 is 2.60 bits per heavy atom. The van der Waals surface area contributed by atoms with E-state index in [0.717, 1.165) is 19.5 Å². The Hall–Kier alpha value is -2.13. The molecule has 0 unspecified atom stereocenters. The van der Waals surface area contributed by atoms with Gasteiger partial charge in [-0.1, -0.05) is 36.2 Å². The second-order valence-corrected chi connectivity index (χ2v) is 8.01. The fourth-order valence-electron chi connectivity index (χ4n) is 3.77. The van der Waals surface area contributed by atoms with Crippen LogP contribution in [-0.2, 0) is 17.8 Å². The van der Waals surface area contributed by atoms with Crippen LogP contribution in [0.4, 0.5) is 0 Å². The van der Waals surface area contributed by atoms with Gasteiger partial charge in [-0.05, 0) is 18.6 Å². The van der Waals surface area contributed by atoms with E-state index in [1.54, 1.807) is 12.1 Å². The SMILES string of the molecule is CCCn1c(=O)[nH]c(=O)c2c1nc(-c1cccc(Cl)c1Cl)n2CCN1CCOCC1. The number of hydrogen-bond acceptors (Lipinski definition) is 5. The zero-order chi connectivity index (χ0) is 21.3. The van der Waals surface area contributed by atoms with E-state index in [-0.39, 0.29) is 0 Å². The maximum atomic E-state index is 12.8. The second kappa shape index (κ2) is 8.93. The summed E-state index contributed by atoms with van der Waals surface area (Å²) in [5.74, 6) is 0.520. The molecule has 1 saturated heterocycles. The summed E-state index contributed by atoms with van der Waals surface area (Å²) in [6.07, 6.45) is 0.731. The highest BCUT2D eigenvalue weighted by atomic mass is 35.5. The predicted octanol–water partition coefficient (Wildman–Crippen LogP) is 2.60. The predicted molar refractivity (Wildman–Crippen MR) is 118 cm³/mol. The number of H-pyrrole nitrogens is 1. The van der Waals surface area contributed by atoms with Gasteiger partial charge < -0.3 is 9.30 Å². The van der Waals surface area contributed by atoms with E-state index in [4.69, 9.17) is 32.9 Å². The van der Waals surface area contributed by atoms with Crippen LogP contribution in [0.1, 0.15) is 13.3 Å². The van der Waals surface area contributed by atoms with Gasteiger partial charge in [0, 0.05) is 38.3 Å². The highest BCUT2D eigenvalue weighted by molar-refractivity contribution is 6.43.